The minimum atomic E-state index is -2.53. The average Bonchev–Trinajstić information content (AvgIpc) is 3.11. The number of carboxylic acid groups (broad SMARTS) is 1. The molecule has 2 amide bonds. The fourth-order valence-electron chi connectivity index (χ4n) is 5.33. The number of phenolic OH excluding ortho intramolecular Hbond substituents is 1. The van der Waals surface area contributed by atoms with E-state index in [0.29, 0.717) is 29.9 Å². The first-order valence-corrected chi connectivity index (χ1v) is 15.7. The molecular formula is C36H40N2O12. The summed E-state index contributed by atoms with van der Waals surface area (Å²) >= 11 is 0. The van der Waals surface area contributed by atoms with Gasteiger partial charge in [-0.3, -0.25) is 9.59 Å². The highest BCUT2D eigenvalue weighted by molar-refractivity contribution is 5.79. The second kappa shape index (κ2) is 17.6. The summed E-state index contributed by atoms with van der Waals surface area (Å²) in [6, 6.07) is 18.8. The van der Waals surface area contributed by atoms with Gasteiger partial charge in [0.1, 0.15) is 30.3 Å². The number of rotatable bonds is 16. The van der Waals surface area contributed by atoms with E-state index in [1.54, 1.807) is 60.7 Å². The maximum Gasteiger partial charge on any atom is 0.364 e. The number of benzene rings is 3. The molecule has 0 aromatic heterocycles. The molecule has 0 unspecified atom stereocenters. The van der Waals surface area contributed by atoms with Crippen molar-refractivity contribution in [1.29, 1.82) is 0 Å². The Balaban J connectivity index is 1.41. The van der Waals surface area contributed by atoms with Crippen LogP contribution >= 0.6 is 0 Å². The number of nitrogens with one attached hydrogen (secondary N) is 2. The van der Waals surface area contributed by atoms with Gasteiger partial charge in [0.2, 0.25) is 11.8 Å². The van der Waals surface area contributed by atoms with Gasteiger partial charge in [-0.05, 0) is 46.5 Å². The Morgan fingerprint density at radius 1 is 0.960 bits per heavy atom. The Hall–Kier alpha value is -5.01. The summed E-state index contributed by atoms with van der Waals surface area (Å²) in [5.74, 6) is -2.50. The summed E-state index contributed by atoms with van der Waals surface area (Å²) in [5, 5.41) is 66.8. The summed E-state index contributed by atoms with van der Waals surface area (Å²) in [5.41, 5.74) is 2.90. The minimum Gasteiger partial charge on any atom is -0.508 e. The van der Waals surface area contributed by atoms with Gasteiger partial charge in [-0.15, -0.1) is 12.3 Å². The lowest BCUT2D eigenvalue weighted by molar-refractivity contribution is -0.314. The van der Waals surface area contributed by atoms with Crippen LogP contribution in [-0.2, 0) is 36.9 Å². The van der Waals surface area contributed by atoms with Gasteiger partial charge in [-0.1, -0.05) is 48.5 Å². The maximum atomic E-state index is 12.7. The van der Waals surface area contributed by atoms with Crippen molar-refractivity contribution in [3.63, 3.8) is 0 Å². The Morgan fingerprint density at radius 2 is 1.58 bits per heavy atom. The van der Waals surface area contributed by atoms with Gasteiger partial charge in [0.05, 0.1) is 37.9 Å². The van der Waals surface area contributed by atoms with Crippen molar-refractivity contribution in [3.05, 3.63) is 83.9 Å². The van der Waals surface area contributed by atoms with Crippen LogP contribution in [0.5, 0.6) is 11.5 Å². The third kappa shape index (κ3) is 10.0. The molecule has 14 nitrogen and oxygen atoms in total. The van der Waals surface area contributed by atoms with Crippen molar-refractivity contribution in [2.45, 2.75) is 62.1 Å². The molecule has 3 aromatic rings. The lowest BCUT2D eigenvalue weighted by atomic mass is 9.88. The molecule has 1 saturated heterocycles. The second-order valence-electron chi connectivity index (χ2n) is 11.7. The molecule has 4 rings (SSSR count). The molecule has 266 valence electrons. The standard InChI is InChI=1S/C36H40N2O12/c1-2-3-16-48-27-14-6-23(7-15-27)21-49-36(35(46)47)18-28(41)32(38-31(44)20-39)34(50-36)33(45)29(42)19-37-30(43)17-22-4-8-24(9-5-22)25-10-12-26(40)13-11-25/h1,4-15,28-29,32-34,39-42,45H,3,16-21H2,(H,37,43)(H,38,44)(H,46,47)/t28-,29+,32+,33+,34+,36+/m0/s1. The normalized spacial score (nSPS) is 21.3. The van der Waals surface area contributed by atoms with Crippen LogP contribution in [0.2, 0.25) is 0 Å². The topological polar surface area (TPSA) is 224 Å². The Kier molecular flexibility index (Phi) is 13.3. The van der Waals surface area contributed by atoms with Gasteiger partial charge in [0, 0.05) is 19.4 Å². The largest absolute Gasteiger partial charge is 0.508 e. The zero-order valence-corrected chi connectivity index (χ0v) is 27.0. The van der Waals surface area contributed by atoms with E-state index in [9.17, 15) is 45.0 Å². The number of carbonyl (C=O) groups excluding carboxylic acids is 2. The van der Waals surface area contributed by atoms with Crippen LogP contribution in [0.15, 0.2) is 72.8 Å². The highest BCUT2D eigenvalue weighted by atomic mass is 16.7. The van der Waals surface area contributed by atoms with E-state index in [4.69, 9.17) is 20.6 Å². The maximum absolute atomic E-state index is 12.7. The van der Waals surface area contributed by atoms with E-state index in [1.165, 1.54) is 0 Å². The molecule has 8 N–H and O–H groups in total. The van der Waals surface area contributed by atoms with Crippen LogP contribution < -0.4 is 15.4 Å². The molecule has 0 aliphatic carbocycles. The summed E-state index contributed by atoms with van der Waals surface area (Å²) < 4.78 is 16.9. The Labute approximate surface area is 288 Å². The summed E-state index contributed by atoms with van der Waals surface area (Å²) in [7, 11) is 0. The highest BCUT2D eigenvalue weighted by Crippen LogP contribution is 2.34. The number of aliphatic carboxylic acids is 1. The van der Waals surface area contributed by atoms with Crippen molar-refractivity contribution in [1.82, 2.24) is 10.6 Å². The monoisotopic (exact) mass is 692 g/mol. The highest BCUT2D eigenvalue weighted by Gasteiger charge is 2.55. The summed E-state index contributed by atoms with van der Waals surface area (Å²) in [6.07, 6.45) is -2.27. The number of hydrogen-bond acceptors (Lipinski definition) is 11. The average molecular weight is 693 g/mol. The minimum absolute atomic E-state index is 0.0690. The fourth-order valence-corrected chi connectivity index (χ4v) is 5.33. The molecule has 0 spiro atoms. The second-order valence-corrected chi connectivity index (χ2v) is 11.7. The number of aromatic hydroxyl groups is 1. The molecule has 3 aromatic carbocycles. The van der Waals surface area contributed by atoms with Gasteiger partial charge in [0.25, 0.3) is 5.79 Å². The van der Waals surface area contributed by atoms with E-state index in [-0.39, 0.29) is 18.8 Å². The van der Waals surface area contributed by atoms with Crippen LogP contribution in [-0.4, -0.2) is 104 Å². The van der Waals surface area contributed by atoms with E-state index >= 15 is 0 Å². The summed E-state index contributed by atoms with van der Waals surface area (Å²) in [6.45, 7) is -1.48. The number of amides is 2. The molecule has 1 aliphatic rings. The fraction of sp³-hybridized carbons (Fsp3) is 0.361. The van der Waals surface area contributed by atoms with Crippen molar-refractivity contribution < 1.29 is 59.2 Å². The number of hydrogen-bond donors (Lipinski definition) is 8. The molecule has 0 saturated carbocycles. The van der Waals surface area contributed by atoms with Crippen LogP contribution in [0.1, 0.15) is 24.0 Å². The lowest BCUT2D eigenvalue weighted by Crippen LogP contribution is -2.68. The third-order valence-electron chi connectivity index (χ3n) is 8.04. The van der Waals surface area contributed by atoms with Gasteiger partial charge in [-0.25, -0.2) is 4.79 Å². The molecular weight excluding hydrogens is 652 g/mol. The molecule has 0 bridgehead atoms. The van der Waals surface area contributed by atoms with Crippen LogP contribution in [0, 0.1) is 12.3 Å². The van der Waals surface area contributed by atoms with Crippen LogP contribution in [0.3, 0.4) is 0 Å². The van der Waals surface area contributed by atoms with Crippen molar-refractivity contribution in [2.75, 3.05) is 19.8 Å². The predicted octanol–water partition coefficient (Wildman–Crippen LogP) is 0.466. The van der Waals surface area contributed by atoms with Crippen molar-refractivity contribution in [3.8, 4) is 35.0 Å². The Morgan fingerprint density at radius 3 is 2.18 bits per heavy atom. The van der Waals surface area contributed by atoms with E-state index in [2.05, 4.69) is 16.6 Å². The van der Waals surface area contributed by atoms with E-state index < -0.39 is 73.6 Å². The van der Waals surface area contributed by atoms with Crippen molar-refractivity contribution in [2.24, 2.45) is 0 Å². The zero-order valence-electron chi connectivity index (χ0n) is 27.0. The SMILES string of the molecule is C#CCCOc1ccc(CO[C@]2(C(=O)O)C[C@H](O)[C@@H](NC(=O)CO)[C@H]([C@H](O)[C@H](O)CNC(=O)Cc3ccc(-c4ccc(O)cc4)cc3)O2)cc1. The van der Waals surface area contributed by atoms with E-state index in [0.717, 1.165) is 11.1 Å². The van der Waals surface area contributed by atoms with Gasteiger partial charge >= 0.3 is 5.97 Å². The number of aliphatic hydroxyl groups excluding tert-OH is 4. The van der Waals surface area contributed by atoms with Crippen LogP contribution in [0.25, 0.3) is 11.1 Å². The molecule has 50 heavy (non-hydrogen) atoms. The van der Waals surface area contributed by atoms with Gasteiger partial charge in [0.15, 0.2) is 0 Å². The van der Waals surface area contributed by atoms with Gasteiger partial charge < -0.3 is 55.5 Å². The molecule has 6 atom stereocenters. The number of carboxylic acids is 1. The first-order chi connectivity index (χ1) is 23.9. The number of aliphatic hydroxyl groups is 4. The molecule has 0 radical (unpaired) electrons. The third-order valence-corrected chi connectivity index (χ3v) is 8.04. The predicted molar refractivity (Wildman–Crippen MR) is 177 cm³/mol. The first kappa shape index (κ1) is 37.8. The number of carbonyl (C=O) groups is 3. The first-order valence-electron chi connectivity index (χ1n) is 15.7. The lowest BCUT2D eigenvalue weighted by Gasteiger charge is -2.46. The number of ether oxygens (including phenoxy) is 3. The van der Waals surface area contributed by atoms with Crippen LogP contribution in [0.4, 0.5) is 0 Å². The summed E-state index contributed by atoms with van der Waals surface area (Å²) in [4.78, 5) is 37.3. The van der Waals surface area contributed by atoms with E-state index in [1.807, 2.05) is 12.1 Å². The molecule has 1 aliphatic heterocycles. The van der Waals surface area contributed by atoms with Crippen molar-refractivity contribution >= 4 is 17.8 Å². The zero-order chi connectivity index (χ0) is 36.3. The Bertz CT molecular complexity index is 1620. The molecule has 1 heterocycles. The smallest absolute Gasteiger partial charge is 0.364 e. The number of phenols is 1. The quantitative estimate of drug-likeness (QED) is 0.0758. The molecule has 1 fully saturated rings. The number of terminal acetylenes is 1. The van der Waals surface area contributed by atoms with Gasteiger partial charge in [-0.2, -0.15) is 0 Å². The molecule has 14 heteroatoms.